The predicted octanol–water partition coefficient (Wildman–Crippen LogP) is 4.11. The molecule has 0 radical (unpaired) electrons. The van der Waals surface area contributed by atoms with Gasteiger partial charge >= 0.3 is 6.18 Å². The summed E-state index contributed by atoms with van der Waals surface area (Å²) in [5.74, 6) is 0. The number of hydrogen-bond acceptors (Lipinski definition) is 3. The zero-order chi connectivity index (χ0) is 18.0. The van der Waals surface area contributed by atoms with E-state index in [1.165, 1.54) is 6.07 Å². The van der Waals surface area contributed by atoms with Crippen LogP contribution in [0.3, 0.4) is 0 Å². The number of nitrogens with zero attached hydrogens (tertiary/aromatic N) is 1. The van der Waals surface area contributed by atoms with E-state index in [2.05, 4.69) is 10.3 Å². The Morgan fingerprint density at radius 1 is 1.32 bits per heavy atom. The minimum Gasteiger partial charge on any atom is -0.387 e. The van der Waals surface area contributed by atoms with Gasteiger partial charge in [-0.1, -0.05) is 29.8 Å². The van der Waals surface area contributed by atoms with Crippen LogP contribution in [-0.4, -0.2) is 16.6 Å². The molecule has 1 aromatic heterocycles. The Hall–Kier alpha value is -1.92. The standard InChI is InChI=1S/C19H21F3N2O/c1-12-4-2-5-13(8-12)18(25)11-24-17-7-3-6-16-15(17)9-14(10-23-16)19(20,21)22/h2,4-5,8-10,17-18,24-25H,3,6-7,11H2,1H3/t17-,18+/m0/s1. The van der Waals surface area contributed by atoms with Gasteiger partial charge in [-0.05, 0) is 43.4 Å². The summed E-state index contributed by atoms with van der Waals surface area (Å²) in [4.78, 5) is 4.01. The quantitative estimate of drug-likeness (QED) is 0.872. The Morgan fingerprint density at radius 2 is 2.12 bits per heavy atom. The molecule has 0 aliphatic heterocycles. The van der Waals surface area contributed by atoms with Gasteiger partial charge in [0.1, 0.15) is 0 Å². The average Bonchev–Trinajstić information content (AvgIpc) is 2.58. The van der Waals surface area contributed by atoms with Crippen molar-refractivity contribution < 1.29 is 18.3 Å². The lowest BCUT2D eigenvalue weighted by atomic mass is 9.90. The lowest BCUT2D eigenvalue weighted by molar-refractivity contribution is -0.137. The number of halogens is 3. The number of rotatable bonds is 4. The van der Waals surface area contributed by atoms with Gasteiger partial charge in [-0.15, -0.1) is 0 Å². The van der Waals surface area contributed by atoms with Crippen molar-refractivity contribution >= 4 is 0 Å². The number of aryl methyl sites for hydroxylation is 2. The number of aromatic nitrogens is 1. The molecule has 1 heterocycles. The molecule has 0 fully saturated rings. The summed E-state index contributed by atoms with van der Waals surface area (Å²) in [5.41, 5.74) is 2.43. The molecule has 134 valence electrons. The number of benzene rings is 1. The number of fused-ring (bicyclic) bond motifs is 1. The molecule has 1 aliphatic carbocycles. The van der Waals surface area contributed by atoms with Crippen molar-refractivity contribution in [3.05, 3.63) is 64.5 Å². The first-order valence-electron chi connectivity index (χ1n) is 8.38. The Morgan fingerprint density at radius 3 is 2.84 bits per heavy atom. The maximum Gasteiger partial charge on any atom is 0.417 e. The van der Waals surface area contributed by atoms with E-state index in [4.69, 9.17) is 0 Å². The van der Waals surface area contributed by atoms with E-state index in [1.807, 2.05) is 31.2 Å². The largest absolute Gasteiger partial charge is 0.417 e. The van der Waals surface area contributed by atoms with Gasteiger partial charge in [0.25, 0.3) is 0 Å². The summed E-state index contributed by atoms with van der Waals surface area (Å²) in [7, 11) is 0. The molecule has 1 aromatic carbocycles. The summed E-state index contributed by atoms with van der Waals surface area (Å²) >= 11 is 0. The minimum atomic E-state index is -4.40. The second-order valence-corrected chi connectivity index (χ2v) is 6.54. The van der Waals surface area contributed by atoms with E-state index in [-0.39, 0.29) is 12.6 Å². The molecule has 3 rings (SSSR count). The lowest BCUT2D eigenvalue weighted by Gasteiger charge is -2.27. The normalized spacial score (nSPS) is 18.7. The Balaban J connectivity index is 1.74. The zero-order valence-corrected chi connectivity index (χ0v) is 14.0. The molecule has 6 heteroatoms. The van der Waals surface area contributed by atoms with Gasteiger partial charge in [-0.2, -0.15) is 13.2 Å². The van der Waals surface area contributed by atoms with Crippen molar-refractivity contribution in [3.63, 3.8) is 0 Å². The molecule has 25 heavy (non-hydrogen) atoms. The molecule has 2 atom stereocenters. The van der Waals surface area contributed by atoms with Crippen molar-refractivity contribution in [2.75, 3.05) is 6.54 Å². The highest BCUT2D eigenvalue weighted by Gasteiger charge is 2.33. The summed E-state index contributed by atoms with van der Waals surface area (Å²) in [6.45, 7) is 2.23. The number of alkyl halides is 3. The maximum atomic E-state index is 13.0. The second-order valence-electron chi connectivity index (χ2n) is 6.54. The molecule has 1 aliphatic rings. The van der Waals surface area contributed by atoms with Gasteiger partial charge in [0.05, 0.1) is 11.7 Å². The van der Waals surface area contributed by atoms with E-state index in [9.17, 15) is 18.3 Å². The number of hydrogen-bond donors (Lipinski definition) is 2. The second kappa shape index (κ2) is 7.14. The highest BCUT2D eigenvalue weighted by atomic mass is 19.4. The monoisotopic (exact) mass is 350 g/mol. The number of pyridine rings is 1. The molecule has 0 unspecified atom stereocenters. The summed E-state index contributed by atoms with van der Waals surface area (Å²) in [6, 6.07) is 8.55. The van der Waals surface area contributed by atoms with Crippen LogP contribution < -0.4 is 5.32 Å². The Labute approximate surface area is 144 Å². The van der Waals surface area contributed by atoms with E-state index in [0.29, 0.717) is 17.7 Å². The number of aliphatic hydroxyl groups excluding tert-OH is 1. The molecular formula is C19H21F3N2O. The third-order valence-corrected chi connectivity index (χ3v) is 4.60. The SMILES string of the molecule is Cc1cccc([C@H](O)CN[C@H]2CCCc3ncc(C(F)(F)F)cc32)c1. The Bertz CT molecular complexity index is 746. The maximum absolute atomic E-state index is 13.0. The minimum absolute atomic E-state index is 0.224. The van der Waals surface area contributed by atoms with Gasteiger partial charge < -0.3 is 10.4 Å². The van der Waals surface area contributed by atoms with Crippen molar-refractivity contribution in [3.8, 4) is 0 Å². The average molecular weight is 350 g/mol. The van der Waals surface area contributed by atoms with Crippen molar-refractivity contribution in [1.82, 2.24) is 10.3 Å². The van der Waals surface area contributed by atoms with E-state index >= 15 is 0 Å². The van der Waals surface area contributed by atoms with Crippen LogP contribution in [0.25, 0.3) is 0 Å². The van der Waals surface area contributed by atoms with Gasteiger partial charge in [0.15, 0.2) is 0 Å². The van der Waals surface area contributed by atoms with Crippen molar-refractivity contribution in [2.24, 2.45) is 0 Å². The summed E-state index contributed by atoms with van der Waals surface area (Å²) in [5, 5.41) is 13.6. The van der Waals surface area contributed by atoms with Crippen LogP contribution in [0.1, 0.15) is 52.9 Å². The highest BCUT2D eigenvalue weighted by Crippen LogP contribution is 2.35. The van der Waals surface area contributed by atoms with Crippen LogP contribution in [0.4, 0.5) is 13.2 Å². The van der Waals surface area contributed by atoms with Gasteiger partial charge in [0, 0.05) is 24.5 Å². The third kappa shape index (κ3) is 4.19. The molecule has 2 N–H and O–H groups in total. The fourth-order valence-corrected chi connectivity index (χ4v) is 3.27. The fourth-order valence-electron chi connectivity index (χ4n) is 3.27. The van der Waals surface area contributed by atoms with E-state index in [0.717, 1.165) is 30.2 Å². The van der Waals surface area contributed by atoms with Crippen LogP contribution >= 0.6 is 0 Å². The molecule has 0 amide bonds. The van der Waals surface area contributed by atoms with Crippen LogP contribution in [-0.2, 0) is 12.6 Å². The third-order valence-electron chi connectivity index (χ3n) is 4.60. The molecule has 0 saturated carbocycles. The molecular weight excluding hydrogens is 329 g/mol. The van der Waals surface area contributed by atoms with Gasteiger partial charge in [0.2, 0.25) is 0 Å². The fraction of sp³-hybridized carbons (Fsp3) is 0.421. The first-order chi connectivity index (χ1) is 11.8. The summed E-state index contributed by atoms with van der Waals surface area (Å²) in [6.07, 6.45) is -1.91. The van der Waals surface area contributed by atoms with Gasteiger partial charge in [-0.3, -0.25) is 4.98 Å². The molecule has 0 saturated heterocycles. The van der Waals surface area contributed by atoms with E-state index in [1.54, 1.807) is 0 Å². The first kappa shape index (κ1) is 17.9. The topological polar surface area (TPSA) is 45.1 Å². The number of aliphatic hydroxyl groups is 1. The summed E-state index contributed by atoms with van der Waals surface area (Å²) < 4.78 is 38.9. The van der Waals surface area contributed by atoms with Crippen LogP contribution in [0.2, 0.25) is 0 Å². The molecule has 3 nitrogen and oxygen atoms in total. The smallest absolute Gasteiger partial charge is 0.387 e. The molecule has 2 aromatic rings. The first-order valence-corrected chi connectivity index (χ1v) is 8.38. The van der Waals surface area contributed by atoms with Crippen molar-refractivity contribution in [2.45, 2.75) is 44.5 Å². The van der Waals surface area contributed by atoms with E-state index < -0.39 is 17.8 Å². The Kier molecular flexibility index (Phi) is 5.11. The predicted molar refractivity (Wildman–Crippen MR) is 89.1 cm³/mol. The zero-order valence-electron chi connectivity index (χ0n) is 14.0. The van der Waals surface area contributed by atoms with Crippen LogP contribution in [0.15, 0.2) is 36.5 Å². The molecule has 0 spiro atoms. The number of nitrogens with one attached hydrogen (secondary N) is 1. The van der Waals surface area contributed by atoms with Gasteiger partial charge in [-0.25, -0.2) is 0 Å². The van der Waals surface area contributed by atoms with Crippen LogP contribution in [0.5, 0.6) is 0 Å². The molecule has 0 bridgehead atoms. The van der Waals surface area contributed by atoms with Crippen molar-refractivity contribution in [1.29, 1.82) is 0 Å². The van der Waals surface area contributed by atoms with Crippen LogP contribution in [0, 0.1) is 6.92 Å². The highest BCUT2D eigenvalue weighted by molar-refractivity contribution is 5.32. The lowest BCUT2D eigenvalue weighted by Crippen LogP contribution is -2.30.